The summed E-state index contributed by atoms with van der Waals surface area (Å²) in [5.74, 6) is -0.460. The van der Waals surface area contributed by atoms with Crippen LogP contribution < -0.4 is 4.72 Å². The Bertz CT molecular complexity index is 878. The van der Waals surface area contributed by atoms with Crippen LogP contribution in [0.25, 0.3) is 0 Å². The molecule has 6 heteroatoms. The van der Waals surface area contributed by atoms with Gasteiger partial charge in [0.15, 0.2) is 0 Å². The van der Waals surface area contributed by atoms with Crippen molar-refractivity contribution in [1.29, 1.82) is 0 Å². The molecule has 5 nitrogen and oxygen atoms in total. The molecule has 0 saturated heterocycles. The maximum absolute atomic E-state index is 12.8. The molecule has 0 amide bonds. The van der Waals surface area contributed by atoms with E-state index in [-0.39, 0.29) is 4.90 Å². The number of rotatable bonds is 4. The molecule has 0 unspecified atom stereocenters. The van der Waals surface area contributed by atoms with Crippen LogP contribution in [0.2, 0.25) is 0 Å². The van der Waals surface area contributed by atoms with E-state index in [1.54, 1.807) is 32.9 Å². The highest BCUT2D eigenvalue weighted by molar-refractivity contribution is 7.92. The van der Waals surface area contributed by atoms with E-state index >= 15 is 0 Å². The molecule has 0 bridgehead atoms. The van der Waals surface area contributed by atoms with E-state index in [2.05, 4.69) is 9.46 Å². The average Bonchev–Trinajstić information content (AvgIpc) is 2.46. The van der Waals surface area contributed by atoms with Gasteiger partial charge in [-0.05, 0) is 62.6 Å². The molecule has 0 atom stereocenters. The molecule has 2 aromatic rings. The lowest BCUT2D eigenvalue weighted by molar-refractivity contribution is 0.0600. The maximum atomic E-state index is 12.8. The summed E-state index contributed by atoms with van der Waals surface area (Å²) in [5.41, 5.74) is 3.86. The number of methoxy groups -OCH3 is 1. The van der Waals surface area contributed by atoms with Gasteiger partial charge in [0.25, 0.3) is 10.0 Å². The zero-order valence-corrected chi connectivity index (χ0v) is 15.2. The fourth-order valence-corrected chi connectivity index (χ4v) is 4.40. The Labute approximate surface area is 142 Å². The lowest BCUT2D eigenvalue weighted by Gasteiger charge is -2.15. The third-order valence-electron chi connectivity index (χ3n) is 3.77. The van der Waals surface area contributed by atoms with E-state index < -0.39 is 16.0 Å². The summed E-state index contributed by atoms with van der Waals surface area (Å²) in [6.07, 6.45) is 0. The van der Waals surface area contributed by atoms with Crippen molar-refractivity contribution in [3.8, 4) is 0 Å². The number of nitrogens with one attached hydrogen (secondary N) is 1. The van der Waals surface area contributed by atoms with E-state index in [1.807, 2.05) is 19.1 Å². The predicted octanol–water partition coefficient (Wildman–Crippen LogP) is 3.51. The quantitative estimate of drug-likeness (QED) is 0.859. The highest BCUT2D eigenvalue weighted by Gasteiger charge is 2.21. The van der Waals surface area contributed by atoms with E-state index in [0.717, 1.165) is 5.56 Å². The Morgan fingerprint density at radius 1 is 0.958 bits per heavy atom. The van der Waals surface area contributed by atoms with Crippen LogP contribution in [0.3, 0.4) is 0 Å². The molecule has 0 heterocycles. The van der Waals surface area contributed by atoms with Gasteiger partial charge in [-0.25, -0.2) is 13.2 Å². The Kier molecular flexibility index (Phi) is 4.99. The zero-order chi connectivity index (χ0) is 18.1. The maximum Gasteiger partial charge on any atom is 0.337 e. The molecular weight excluding hydrogens is 326 g/mol. The second-order valence-electron chi connectivity index (χ2n) is 5.85. The number of anilines is 1. The first kappa shape index (κ1) is 18.0. The van der Waals surface area contributed by atoms with Crippen LogP contribution in [0.4, 0.5) is 5.69 Å². The number of hydrogen-bond acceptors (Lipinski definition) is 4. The number of benzene rings is 2. The third-order valence-corrected chi connectivity index (χ3v) is 5.44. The number of hydrogen-bond donors (Lipinski definition) is 1. The molecular formula is C18H21NO4S. The van der Waals surface area contributed by atoms with E-state index in [4.69, 9.17) is 0 Å². The SMILES string of the molecule is COC(=O)c1ccc(NS(=O)(=O)c2c(C)cc(C)cc2C)c(C)c1. The van der Waals surface area contributed by atoms with Crippen LogP contribution in [0, 0.1) is 27.7 Å². The first-order valence-corrected chi connectivity index (χ1v) is 8.93. The molecule has 0 aliphatic rings. The molecule has 24 heavy (non-hydrogen) atoms. The summed E-state index contributed by atoms with van der Waals surface area (Å²) in [5, 5.41) is 0. The fourth-order valence-electron chi connectivity index (χ4n) is 2.81. The summed E-state index contributed by atoms with van der Waals surface area (Å²) in [7, 11) is -2.42. The highest BCUT2D eigenvalue weighted by atomic mass is 32.2. The fraction of sp³-hybridized carbons (Fsp3) is 0.278. The molecule has 2 aromatic carbocycles. The predicted molar refractivity (Wildman–Crippen MR) is 94.0 cm³/mol. The van der Waals surface area contributed by atoms with Crippen LogP contribution in [0.1, 0.15) is 32.6 Å². The molecule has 0 radical (unpaired) electrons. The van der Waals surface area contributed by atoms with Gasteiger partial charge < -0.3 is 4.74 Å². The Morgan fingerprint density at radius 2 is 1.54 bits per heavy atom. The van der Waals surface area contributed by atoms with Gasteiger partial charge >= 0.3 is 5.97 Å². The monoisotopic (exact) mass is 347 g/mol. The molecule has 1 N–H and O–H groups in total. The summed E-state index contributed by atoms with van der Waals surface area (Å²) in [6.45, 7) is 7.22. The first-order valence-electron chi connectivity index (χ1n) is 7.45. The van der Waals surface area contributed by atoms with Gasteiger partial charge in [-0.2, -0.15) is 0 Å². The number of carbonyl (C=O) groups is 1. The minimum Gasteiger partial charge on any atom is -0.465 e. The summed E-state index contributed by atoms with van der Waals surface area (Å²) < 4.78 is 32.8. The zero-order valence-electron chi connectivity index (χ0n) is 14.4. The van der Waals surface area contributed by atoms with Crippen molar-refractivity contribution in [2.75, 3.05) is 11.8 Å². The number of carbonyl (C=O) groups excluding carboxylic acids is 1. The number of ether oxygens (including phenoxy) is 1. The first-order chi connectivity index (χ1) is 11.2. The van der Waals surface area contributed by atoms with Crippen molar-refractivity contribution in [1.82, 2.24) is 0 Å². The van der Waals surface area contributed by atoms with Crippen LogP contribution in [0.15, 0.2) is 35.2 Å². The molecule has 0 spiro atoms. The van der Waals surface area contributed by atoms with Crippen molar-refractivity contribution in [2.45, 2.75) is 32.6 Å². The summed E-state index contributed by atoms with van der Waals surface area (Å²) >= 11 is 0. The van der Waals surface area contributed by atoms with Gasteiger partial charge in [-0.15, -0.1) is 0 Å². The number of esters is 1. The second kappa shape index (κ2) is 6.65. The third kappa shape index (κ3) is 3.59. The van der Waals surface area contributed by atoms with E-state index in [0.29, 0.717) is 27.9 Å². The average molecular weight is 347 g/mol. The Balaban J connectivity index is 2.42. The van der Waals surface area contributed by atoms with Crippen LogP contribution in [-0.4, -0.2) is 21.5 Å². The highest BCUT2D eigenvalue weighted by Crippen LogP contribution is 2.26. The van der Waals surface area contributed by atoms with Crippen LogP contribution >= 0.6 is 0 Å². The largest absolute Gasteiger partial charge is 0.465 e. The molecule has 0 aromatic heterocycles. The van der Waals surface area contributed by atoms with Crippen LogP contribution in [-0.2, 0) is 14.8 Å². The Hall–Kier alpha value is -2.34. The van der Waals surface area contributed by atoms with E-state index in [1.165, 1.54) is 13.2 Å². The van der Waals surface area contributed by atoms with Gasteiger partial charge in [-0.1, -0.05) is 17.7 Å². The number of aryl methyl sites for hydroxylation is 4. The lowest BCUT2D eigenvalue weighted by atomic mass is 10.1. The smallest absolute Gasteiger partial charge is 0.337 e. The molecule has 0 aliphatic carbocycles. The summed E-state index contributed by atoms with van der Waals surface area (Å²) in [4.78, 5) is 11.8. The normalized spacial score (nSPS) is 11.2. The van der Waals surface area contributed by atoms with Gasteiger partial charge in [0.1, 0.15) is 0 Å². The van der Waals surface area contributed by atoms with Crippen molar-refractivity contribution in [2.24, 2.45) is 0 Å². The van der Waals surface area contributed by atoms with Crippen LogP contribution in [0.5, 0.6) is 0 Å². The van der Waals surface area contributed by atoms with E-state index in [9.17, 15) is 13.2 Å². The van der Waals surface area contributed by atoms with Crippen molar-refractivity contribution < 1.29 is 17.9 Å². The van der Waals surface area contributed by atoms with Gasteiger partial charge in [0, 0.05) is 0 Å². The number of sulfonamides is 1. The minimum atomic E-state index is -3.72. The minimum absolute atomic E-state index is 0.282. The van der Waals surface area contributed by atoms with Crippen molar-refractivity contribution >= 4 is 21.7 Å². The lowest BCUT2D eigenvalue weighted by Crippen LogP contribution is -2.17. The molecule has 2 rings (SSSR count). The second-order valence-corrected chi connectivity index (χ2v) is 7.47. The Morgan fingerprint density at radius 3 is 2.04 bits per heavy atom. The van der Waals surface area contributed by atoms with Crippen molar-refractivity contribution in [3.63, 3.8) is 0 Å². The topological polar surface area (TPSA) is 72.5 Å². The summed E-state index contributed by atoms with van der Waals surface area (Å²) in [6, 6.07) is 8.38. The van der Waals surface area contributed by atoms with Gasteiger partial charge in [0.05, 0.1) is 23.3 Å². The van der Waals surface area contributed by atoms with Gasteiger partial charge in [0.2, 0.25) is 0 Å². The molecule has 0 fully saturated rings. The van der Waals surface area contributed by atoms with Gasteiger partial charge in [-0.3, -0.25) is 4.72 Å². The standard InChI is InChI=1S/C18H21NO4S/c1-11-8-13(3)17(14(4)9-11)24(21,22)19-16-7-6-15(10-12(16)2)18(20)23-5/h6-10,19H,1-5H3. The molecule has 0 aliphatic heterocycles. The van der Waals surface area contributed by atoms with Crippen molar-refractivity contribution in [3.05, 3.63) is 58.1 Å². The molecule has 0 saturated carbocycles. The molecule has 128 valence electrons.